The van der Waals surface area contributed by atoms with E-state index in [2.05, 4.69) is 38.3 Å². The average molecular weight is 323 g/mol. The number of hydrogen-bond donors (Lipinski definition) is 1. The second-order valence-electron chi connectivity index (χ2n) is 5.34. The van der Waals surface area contributed by atoms with Gasteiger partial charge in [0.2, 0.25) is 5.95 Å². The lowest BCUT2D eigenvalue weighted by Crippen LogP contribution is -2.27. The molecule has 0 bridgehead atoms. The summed E-state index contributed by atoms with van der Waals surface area (Å²) in [6, 6.07) is 4.47. The third kappa shape index (κ3) is 2.76. The lowest BCUT2D eigenvalue weighted by molar-refractivity contribution is 0.326. The summed E-state index contributed by atoms with van der Waals surface area (Å²) in [6.07, 6.45) is 8.36. The number of anilines is 1. The van der Waals surface area contributed by atoms with Gasteiger partial charge < -0.3 is 5.32 Å². The van der Waals surface area contributed by atoms with Gasteiger partial charge in [0, 0.05) is 12.2 Å². The number of fused-ring (bicyclic) bond motifs is 1. The molecule has 0 aliphatic heterocycles. The first-order chi connectivity index (χ1) is 9.26. The van der Waals surface area contributed by atoms with Crippen LogP contribution in [0.1, 0.15) is 39.0 Å². The molecule has 2 atom stereocenters. The van der Waals surface area contributed by atoms with Gasteiger partial charge in [-0.2, -0.15) is 4.98 Å². The molecule has 102 valence electrons. The van der Waals surface area contributed by atoms with Crippen molar-refractivity contribution in [3.05, 3.63) is 22.8 Å². The lowest BCUT2D eigenvalue weighted by Gasteiger charge is -2.28. The van der Waals surface area contributed by atoms with Crippen LogP contribution in [0.15, 0.2) is 22.8 Å². The van der Waals surface area contributed by atoms with Gasteiger partial charge in [0.1, 0.15) is 0 Å². The van der Waals surface area contributed by atoms with E-state index >= 15 is 0 Å². The van der Waals surface area contributed by atoms with Gasteiger partial charge in [-0.3, -0.25) is 0 Å². The number of pyridine rings is 1. The fourth-order valence-electron chi connectivity index (χ4n) is 2.91. The minimum Gasteiger partial charge on any atom is -0.350 e. The quantitative estimate of drug-likeness (QED) is 0.932. The Morgan fingerprint density at radius 1 is 1.47 bits per heavy atom. The van der Waals surface area contributed by atoms with E-state index in [1.54, 1.807) is 0 Å². The van der Waals surface area contributed by atoms with Crippen molar-refractivity contribution in [2.45, 2.75) is 45.1 Å². The number of rotatable bonds is 3. The van der Waals surface area contributed by atoms with Crippen molar-refractivity contribution in [1.29, 1.82) is 0 Å². The van der Waals surface area contributed by atoms with Crippen LogP contribution in [0.2, 0.25) is 0 Å². The van der Waals surface area contributed by atoms with Gasteiger partial charge in [-0.1, -0.05) is 26.2 Å². The summed E-state index contributed by atoms with van der Waals surface area (Å²) >= 11 is 3.51. The van der Waals surface area contributed by atoms with E-state index in [0.717, 1.165) is 22.0 Å². The highest BCUT2D eigenvalue weighted by molar-refractivity contribution is 9.10. The van der Waals surface area contributed by atoms with Crippen LogP contribution in [0.4, 0.5) is 5.95 Å². The third-order valence-electron chi connectivity index (χ3n) is 4.01. The minimum atomic E-state index is 0.523. The Kier molecular flexibility index (Phi) is 3.73. The third-order valence-corrected chi connectivity index (χ3v) is 4.63. The molecule has 2 heterocycles. The summed E-state index contributed by atoms with van der Waals surface area (Å²) in [4.78, 5) is 4.55. The number of nitrogens with one attached hydrogen (secondary N) is 1. The van der Waals surface area contributed by atoms with E-state index in [9.17, 15) is 0 Å². The second kappa shape index (κ2) is 5.49. The Balaban J connectivity index is 1.76. The van der Waals surface area contributed by atoms with Crippen molar-refractivity contribution in [1.82, 2.24) is 14.6 Å². The zero-order valence-electron chi connectivity index (χ0n) is 11.1. The summed E-state index contributed by atoms with van der Waals surface area (Å²) in [7, 11) is 0. The van der Waals surface area contributed by atoms with E-state index in [-0.39, 0.29) is 0 Å². The maximum absolute atomic E-state index is 4.55. The maximum atomic E-state index is 4.55. The normalized spacial score (nSPS) is 23.7. The van der Waals surface area contributed by atoms with E-state index < -0.39 is 0 Å². The standard InChI is InChI=1S/C14H19BrN4/c1-2-10-5-3-6-11(9-10)16-14-17-13-12(15)7-4-8-19(13)18-14/h4,7-8,10-11H,2-3,5-6,9H2,1H3,(H,16,18). The molecule has 1 aliphatic carbocycles. The zero-order chi connectivity index (χ0) is 13.2. The smallest absolute Gasteiger partial charge is 0.243 e. The van der Waals surface area contributed by atoms with E-state index in [1.165, 1.54) is 32.1 Å². The van der Waals surface area contributed by atoms with Crippen molar-refractivity contribution < 1.29 is 0 Å². The predicted octanol–water partition coefficient (Wildman–Crippen LogP) is 3.87. The molecule has 0 aromatic carbocycles. The van der Waals surface area contributed by atoms with Crippen molar-refractivity contribution >= 4 is 27.5 Å². The van der Waals surface area contributed by atoms with Crippen LogP contribution in [0.25, 0.3) is 5.65 Å². The molecule has 0 saturated heterocycles. The molecule has 2 aromatic rings. The van der Waals surface area contributed by atoms with Gasteiger partial charge in [-0.05, 0) is 46.8 Å². The molecule has 2 aromatic heterocycles. The molecule has 0 amide bonds. The fraction of sp³-hybridized carbons (Fsp3) is 0.571. The van der Waals surface area contributed by atoms with Crippen LogP contribution in [-0.2, 0) is 0 Å². The van der Waals surface area contributed by atoms with Gasteiger partial charge >= 0.3 is 0 Å². The van der Waals surface area contributed by atoms with Gasteiger partial charge in [0.05, 0.1) is 4.47 Å². The van der Waals surface area contributed by atoms with Crippen molar-refractivity contribution in [3.8, 4) is 0 Å². The van der Waals surface area contributed by atoms with Crippen LogP contribution < -0.4 is 5.32 Å². The predicted molar refractivity (Wildman–Crippen MR) is 80.3 cm³/mol. The van der Waals surface area contributed by atoms with Crippen LogP contribution in [0.5, 0.6) is 0 Å². The van der Waals surface area contributed by atoms with Gasteiger partial charge in [0.15, 0.2) is 5.65 Å². The number of hydrogen-bond acceptors (Lipinski definition) is 3. The highest BCUT2D eigenvalue weighted by Gasteiger charge is 2.21. The number of aromatic nitrogens is 3. The Bertz CT molecular complexity index is 566. The van der Waals surface area contributed by atoms with E-state index in [0.29, 0.717) is 6.04 Å². The molecule has 5 heteroatoms. The Morgan fingerprint density at radius 3 is 3.16 bits per heavy atom. The van der Waals surface area contributed by atoms with Crippen molar-refractivity contribution in [2.24, 2.45) is 5.92 Å². The molecule has 1 aliphatic rings. The monoisotopic (exact) mass is 322 g/mol. The van der Waals surface area contributed by atoms with Gasteiger partial charge in [0.25, 0.3) is 0 Å². The van der Waals surface area contributed by atoms with E-state index in [4.69, 9.17) is 0 Å². The second-order valence-corrected chi connectivity index (χ2v) is 6.20. The highest BCUT2D eigenvalue weighted by atomic mass is 79.9. The number of halogens is 1. The summed E-state index contributed by atoms with van der Waals surface area (Å²) in [5.74, 6) is 1.60. The molecule has 0 spiro atoms. The maximum Gasteiger partial charge on any atom is 0.243 e. The SMILES string of the molecule is CCC1CCCC(Nc2nc3c(Br)cccn3n2)C1. The molecule has 2 unspecified atom stereocenters. The summed E-state index contributed by atoms with van der Waals surface area (Å²) in [5, 5.41) is 7.98. The van der Waals surface area contributed by atoms with Crippen LogP contribution in [-0.4, -0.2) is 20.6 Å². The van der Waals surface area contributed by atoms with Crippen LogP contribution in [0, 0.1) is 5.92 Å². The molecular weight excluding hydrogens is 304 g/mol. The van der Waals surface area contributed by atoms with Gasteiger partial charge in [-0.15, -0.1) is 5.10 Å². The largest absolute Gasteiger partial charge is 0.350 e. The van der Waals surface area contributed by atoms with Gasteiger partial charge in [-0.25, -0.2) is 4.52 Å². The summed E-state index contributed by atoms with van der Waals surface area (Å²) < 4.78 is 2.79. The lowest BCUT2D eigenvalue weighted by atomic mass is 9.84. The molecule has 1 N–H and O–H groups in total. The molecule has 1 saturated carbocycles. The Hall–Kier alpha value is -1.10. The first-order valence-electron chi connectivity index (χ1n) is 7.03. The van der Waals surface area contributed by atoms with Crippen molar-refractivity contribution in [3.63, 3.8) is 0 Å². The summed E-state index contributed by atoms with van der Waals surface area (Å²) in [6.45, 7) is 2.29. The Labute approximate surface area is 121 Å². The highest BCUT2D eigenvalue weighted by Crippen LogP contribution is 2.28. The van der Waals surface area contributed by atoms with Crippen molar-refractivity contribution in [2.75, 3.05) is 5.32 Å². The molecular formula is C14H19BrN4. The number of nitrogens with zero attached hydrogens (tertiary/aromatic N) is 3. The Morgan fingerprint density at radius 2 is 2.37 bits per heavy atom. The molecule has 3 rings (SSSR count). The minimum absolute atomic E-state index is 0.523. The topological polar surface area (TPSA) is 42.2 Å². The summed E-state index contributed by atoms with van der Waals surface area (Å²) in [5.41, 5.74) is 0.868. The van der Waals surface area contributed by atoms with Crippen LogP contribution in [0.3, 0.4) is 0 Å². The van der Waals surface area contributed by atoms with E-state index in [1.807, 2.05) is 22.8 Å². The fourth-order valence-corrected chi connectivity index (χ4v) is 3.33. The first kappa shape index (κ1) is 12.9. The molecule has 0 radical (unpaired) electrons. The molecule has 4 nitrogen and oxygen atoms in total. The zero-order valence-corrected chi connectivity index (χ0v) is 12.7. The first-order valence-corrected chi connectivity index (χ1v) is 7.83. The molecule has 1 fully saturated rings. The average Bonchev–Trinajstić information content (AvgIpc) is 2.83. The van der Waals surface area contributed by atoms with Crippen LogP contribution >= 0.6 is 15.9 Å². The molecule has 19 heavy (non-hydrogen) atoms.